The van der Waals surface area contributed by atoms with E-state index in [4.69, 9.17) is 10.5 Å². The van der Waals surface area contributed by atoms with Crippen molar-refractivity contribution in [1.82, 2.24) is 15.2 Å². The fourth-order valence-electron chi connectivity index (χ4n) is 3.16. The van der Waals surface area contributed by atoms with E-state index in [9.17, 15) is 0 Å². The second-order valence-electron chi connectivity index (χ2n) is 6.76. The maximum atomic E-state index is 5.86. The van der Waals surface area contributed by atoms with Gasteiger partial charge in [0.1, 0.15) is 5.82 Å². The molecule has 0 spiro atoms. The Kier molecular flexibility index (Phi) is 4.45. The average molecular weight is 293 g/mol. The van der Waals surface area contributed by atoms with Crippen LogP contribution in [0.2, 0.25) is 0 Å². The zero-order valence-electron chi connectivity index (χ0n) is 13.0. The van der Waals surface area contributed by atoms with E-state index in [0.29, 0.717) is 6.10 Å². The Balaban J connectivity index is 1.50. The number of aromatic amines is 1. The van der Waals surface area contributed by atoms with E-state index in [0.717, 1.165) is 63.7 Å². The van der Waals surface area contributed by atoms with Gasteiger partial charge in [0.05, 0.1) is 6.10 Å². The van der Waals surface area contributed by atoms with Crippen molar-refractivity contribution < 1.29 is 4.74 Å². The number of H-pyrrole nitrogens is 1. The lowest BCUT2D eigenvalue weighted by Gasteiger charge is -2.38. The predicted octanol–water partition coefficient (Wildman–Crippen LogP) is 1.48. The molecule has 2 fully saturated rings. The largest absolute Gasteiger partial charge is 0.378 e. The Labute approximate surface area is 126 Å². The summed E-state index contributed by atoms with van der Waals surface area (Å²) >= 11 is 0. The first-order valence-corrected chi connectivity index (χ1v) is 8.16. The van der Waals surface area contributed by atoms with Gasteiger partial charge in [-0.05, 0) is 44.1 Å². The first kappa shape index (κ1) is 14.8. The average Bonchev–Trinajstić information content (AvgIpc) is 3.17. The van der Waals surface area contributed by atoms with Crippen LogP contribution in [0.3, 0.4) is 0 Å². The van der Waals surface area contributed by atoms with E-state index >= 15 is 0 Å². The van der Waals surface area contributed by atoms with E-state index in [2.05, 4.69) is 27.0 Å². The fourth-order valence-corrected chi connectivity index (χ4v) is 3.16. The van der Waals surface area contributed by atoms with E-state index in [1.165, 1.54) is 12.8 Å². The molecule has 2 aliphatic heterocycles. The number of rotatable bonds is 5. The molecule has 0 aromatic carbocycles. The van der Waals surface area contributed by atoms with Gasteiger partial charge in [-0.3, -0.25) is 5.10 Å². The fraction of sp³-hybridized carbons (Fsp3) is 0.867. The molecule has 0 aliphatic carbocycles. The summed E-state index contributed by atoms with van der Waals surface area (Å²) in [6, 6.07) is 0. The van der Waals surface area contributed by atoms with Crippen LogP contribution in [0.4, 0.5) is 5.95 Å². The highest BCUT2D eigenvalue weighted by Crippen LogP contribution is 2.30. The number of piperidine rings is 1. The molecule has 3 heterocycles. The highest BCUT2D eigenvalue weighted by atomic mass is 16.5. The zero-order chi connectivity index (χ0) is 14.7. The van der Waals surface area contributed by atoms with Crippen molar-refractivity contribution in [2.45, 2.75) is 51.6 Å². The molecule has 21 heavy (non-hydrogen) atoms. The number of aromatic nitrogens is 3. The van der Waals surface area contributed by atoms with Gasteiger partial charge in [0, 0.05) is 26.1 Å². The van der Waals surface area contributed by atoms with E-state index < -0.39 is 0 Å². The molecule has 118 valence electrons. The summed E-state index contributed by atoms with van der Waals surface area (Å²) in [6.45, 7) is 5.95. The third-order valence-electron chi connectivity index (χ3n) is 4.99. The third-order valence-corrected chi connectivity index (χ3v) is 4.99. The number of nitrogens with zero attached hydrogens (tertiary/aromatic N) is 3. The predicted molar refractivity (Wildman–Crippen MR) is 82.3 cm³/mol. The number of nitrogens with two attached hydrogens (primary N) is 1. The number of anilines is 1. The summed E-state index contributed by atoms with van der Waals surface area (Å²) in [5, 5.41) is 7.46. The Hall–Kier alpha value is -1.14. The Bertz CT molecular complexity index is 447. The van der Waals surface area contributed by atoms with Crippen molar-refractivity contribution in [2.24, 2.45) is 11.1 Å². The van der Waals surface area contributed by atoms with Gasteiger partial charge in [0.2, 0.25) is 5.95 Å². The number of hydrogen-bond acceptors (Lipinski definition) is 5. The molecule has 2 aliphatic rings. The zero-order valence-corrected chi connectivity index (χ0v) is 13.0. The smallest absolute Gasteiger partial charge is 0.244 e. The summed E-state index contributed by atoms with van der Waals surface area (Å²) in [7, 11) is 0. The summed E-state index contributed by atoms with van der Waals surface area (Å²) in [5.74, 6) is 1.82. The molecule has 1 aromatic rings. The first-order valence-electron chi connectivity index (χ1n) is 8.16. The molecule has 1 atom stereocenters. The minimum absolute atomic E-state index is 0.287. The molecule has 1 aromatic heterocycles. The molecule has 3 N–H and O–H groups in total. The monoisotopic (exact) mass is 293 g/mol. The van der Waals surface area contributed by atoms with Gasteiger partial charge in [-0.25, -0.2) is 0 Å². The summed E-state index contributed by atoms with van der Waals surface area (Å²) in [5.41, 5.74) is 6.14. The van der Waals surface area contributed by atoms with E-state index in [1.807, 2.05) is 0 Å². The summed E-state index contributed by atoms with van der Waals surface area (Å²) < 4.78 is 5.65. The van der Waals surface area contributed by atoms with Crippen molar-refractivity contribution in [2.75, 3.05) is 31.1 Å². The highest BCUT2D eigenvalue weighted by molar-refractivity contribution is 5.29. The second-order valence-corrected chi connectivity index (χ2v) is 6.76. The van der Waals surface area contributed by atoms with Gasteiger partial charge in [0.15, 0.2) is 0 Å². The van der Waals surface area contributed by atoms with Crippen LogP contribution in [-0.2, 0) is 11.2 Å². The molecule has 6 heteroatoms. The molecule has 2 saturated heterocycles. The number of ether oxygens (including phenoxy) is 1. The van der Waals surface area contributed by atoms with E-state index in [-0.39, 0.29) is 5.41 Å². The topological polar surface area (TPSA) is 80.1 Å². The van der Waals surface area contributed by atoms with Gasteiger partial charge >= 0.3 is 0 Å². The minimum atomic E-state index is 0.287. The minimum Gasteiger partial charge on any atom is -0.378 e. The summed E-state index contributed by atoms with van der Waals surface area (Å²) in [4.78, 5) is 6.91. The van der Waals surface area contributed by atoms with Crippen LogP contribution >= 0.6 is 0 Å². The maximum absolute atomic E-state index is 5.86. The standard InChI is InChI=1S/C15H27N5O/c1-15(11-16)6-8-20(9-7-15)14-17-13(18-19-14)5-4-12-3-2-10-21-12/h12H,2-11,16H2,1H3,(H,17,18,19). The van der Waals surface area contributed by atoms with Gasteiger partial charge in [-0.2, -0.15) is 4.98 Å². The van der Waals surface area contributed by atoms with Crippen molar-refractivity contribution in [3.05, 3.63) is 5.82 Å². The van der Waals surface area contributed by atoms with E-state index in [1.54, 1.807) is 0 Å². The lowest BCUT2D eigenvalue weighted by Crippen LogP contribution is -2.42. The molecular formula is C15H27N5O. The number of hydrogen-bond donors (Lipinski definition) is 2. The SMILES string of the molecule is CC1(CN)CCN(c2n[nH]c(CCC3CCCO3)n2)CC1. The molecule has 0 amide bonds. The molecule has 0 saturated carbocycles. The van der Waals surface area contributed by atoms with Crippen LogP contribution in [0.5, 0.6) is 0 Å². The number of aryl methyl sites for hydroxylation is 1. The van der Waals surface area contributed by atoms with Gasteiger partial charge < -0.3 is 15.4 Å². The highest BCUT2D eigenvalue weighted by Gasteiger charge is 2.30. The van der Waals surface area contributed by atoms with Crippen LogP contribution in [0.15, 0.2) is 0 Å². The van der Waals surface area contributed by atoms with Crippen molar-refractivity contribution in [3.8, 4) is 0 Å². The Morgan fingerprint density at radius 2 is 2.24 bits per heavy atom. The van der Waals surface area contributed by atoms with Gasteiger partial charge in [-0.1, -0.05) is 6.92 Å². The molecule has 0 radical (unpaired) electrons. The molecule has 3 rings (SSSR count). The normalized spacial score (nSPS) is 25.4. The first-order chi connectivity index (χ1) is 10.2. The quantitative estimate of drug-likeness (QED) is 0.859. The van der Waals surface area contributed by atoms with Gasteiger partial charge in [-0.15, -0.1) is 5.10 Å². The maximum Gasteiger partial charge on any atom is 0.244 e. The van der Waals surface area contributed by atoms with Crippen LogP contribution in [-0.4, -0.2) is 47.5 Å². The van der Waals surface area contributed by atoms with Crippen molar-refractivity contribution in [1.29, 1.82) is 0 Å². The summed E-state index contributed by atoms with van der Waals surface area (Å²) in [6.07, 6.45) is 6.99. The second kappa shape index (κ2) is 6.32. The van der Waals surface area contributed by atoms with Crippen molar-refractivity contribution in [3.63, 3.8) is 0 Å². The van der Waals surface area contributed by atoms with Crippen LogP contribution < -0.4 is 10.6 Å². The Morgan fingerprint density at radius 3 is 2.90 bits per heavy atom. The number of nitrogens with one attached hydrogen (secondary N) is 1. The molecule has 0 bridgehead atoms. The van der Waals surface area contributed by atoms with Crippen LogP contribution in [0.25, 0.3) is 0 Å². The molecule has 6 nitrogen and oxygen atoms in total. The van der Waals surface area contributed by atoms with Crippen LogP contribution in [0, 0.1) is 5.41 Å². The lowest BCUT2D eigenvalue weighted by molar-refractivity contribution is 0.104. The molecule has 1 unspecified atom stereocenters. The van der Waals surface area contributed by atoms with Crippen LogP contribution in [0.1, 0.15) is 44.9 Å². The molecular weight excluding hydrogens is 266 g/mol. The third kappa shape index (κ3) is 3.55. The lowest BCUT2D eigenvalue weighted by atomic mass is 9.81. The van der Waals surface area contributed by atoms with Crippen molar-refractivity contribution >= 4 is 5.95 Å². The van der Waals surface area contributed by atoms with Gasteiger partial charge in [0.25, 0.3) is 0 Å². The Morgan fingerprint density at radius 1 is 1.43 bits per heavy atom.